The Morgan fingerprint density at radius 2 is 2.12 bits per heavy atom. The molecule has 1 heterocycles. The molecule has 0 bridgehead atoms. The summed E-state index contributed by atoms with van der Waals surface area (Å²) in [5.74, 6) is 0. The first-order chi connectivity index (χ1) is 8.20. The first-order valence-corrected chi connectivity index (χ1v) is 5.88. The van der Waals surface area contributed by atoms with Crippen molar-refractivity contribution in [2.45, 2.75) is 6.92 Å². The Balaban J connectivity index is 2.38. The Morgan fingerprint density at radius 1 is 1.29 bits per heavy atom. The van der Waals surface area contributed by atoms with Crippen molar-refractivity contribution >= 4 is 27.3 Å². The monoisotopic (exact) mass is 287 g/mol. The number of hydrogen-bond acceptors (Lipinski definition) is 3. The average molecular weight is 288 g/mol. The Morgan fingerprint density at radius 3 is 2.88 bits per heavy atom. The Hall–Kier alpha value is -1.86. The van der Waals surface area contributed by atoms with Gasteiger partial charge in [-0.05, 0) is 52.7 Å². The molecular weight excluding hydrogens is 278 g/mol. The van der Waals surface area contributed by atoms with Gasteiger partial charge < -0.3 is 5.32 Å². The highest BCUT2D eigenvalue weighted by Crippen LogP contribution is 2.27. The maximum atomic E-state index is 8.96. The molecule has 0 unspecified atom stereocenters. The maximum Gasteiger partial charge on any atom is 0.163 e. The molecule has 2 aromatic rings. The first-order valence-electron chi connectivity index (χ1n) is 5.09. The molecule has 1 N–H and O–H groups in total. The lowest BCUT2D eigenvalue weighted by Crippen LogP contribution is -1.96. The Bertz CT molecular complexity index is 587. The molecule has 3 nitrogen and oxygen atoms in total. The molecule has 17 heavy (non-hydrogen) atoms. The van der Waals surface area contributed by atoms with Crippen LogP contribution in [0, 0.1) is 18.3 Å². The Labute approximate surface area is 108 Å². The number of aryl methyl sites for hydroxylation is 1. The van der Waals surface area contributed by atoms with E-state index in [9.17, 15) is 0 Å². The van der Waals surface area contributed by atoms with Crippen LogP contribution in [-0.4, -0.2) is 4.98 Å². The van der Waals surface area contributed by atoms with Crippen LogP contribution in [0.25, 0.3) is 0 Å². The second kappa shape index (κ2) is 4.98. The van der Waals surface area contributed by atoms with Gasteiger partial charge in [0, 0.05) is 10.7 Å². The number of aromatic nitrogens is 1. The minimum Gasteiger partial charge on any atom is -0.352 e. The number of benzene rings is 1. The SMILES string of the molecule is Cc1ccc(Br)c(Nc2cccnc2C#N)c1. The molecule has 0 spiro atoms. The van der Waals surface area contributed by atoms with Crippen LogP contribution in [0.3, 0.4) is 0 Å². The van der Waals surface area contributed by atoms with E-state index in [-0.39, 0.29) is 0 Å². The lowest BCUT2D eigenvalue weighted by Gasteiger charge is -2.10. The summed E-state index contributed by atoms with van der Waals surface area (Å²) in [6.07, 6.45) is 1.61. The zero-order valence-electron chi connectivity index (χ0n) is 9.24. The van der Waals surface area contributed by atoms with E-state index in [4.69, 9.17) is 5.26 Å². The van der Waals surface area contributed by atoms with Crippen molar-refractivity contribution in [1.82, 2.24) is 4.98 Å². The van der Waals surface area contributed by atoms with Crippen LogP contribution in [0.4, 0.5) is 11.4 Å². The van der Waals surface area contributed by atoms with Gasteiger partial charge in [0.05, 0.1) is 11.4 Å². The average Bonchev–Trinajstić information content (AvgIpc) is 2.34. The van der Waals surface area contributed by atoms with Gasteiger partial charge in [0.15, 0.2) is 5.69 Å². The lowest BCUT2D eigenvalue weighted by molar-refractivity contribution is 1.26. The van der Waals surface area contributed by atoms with Gasteiger partial charge in [-0.1, -0.05) is 6.07 Å². The highest BCUT2D eigenvalue weighted by Gasteiger charge is 2.05. The summed E-state index contributed by atoms with van der Waals surface area (Å²) in [7, 11) is 0. The molecule has 1 aromatic carbocycles. The van der Waals surface area contributed by atoms with E-state index in [1.807, 2.05) is 31.2 Å². The van der Waals surface area contributed by atoms with Crippen molar-refractivity contribution in [2.75, 3.05) is 5.32 Å². The van der Waals surface area contributed by atoms with Gasteiger partial charge in [-0.25, -0.2) is 4.98 Å². The fourth-order valence-corrected chi connectivity index (χ4v) is 1.82. The number of nitrogens with zero attached hydrogens (tertiary/aromatic N) is 2. The quantitative estimate of drug-likeness (QED) is 0.915. The summed E-state index contributed by atoms with van der Waals surface area (Å²) in [6.45, 7) is 2.02. The minimum absolute atomic E-state index is 0.390. The van der Waals surface area contributed by atoms with Crippen molar-refractivity contribution in [2.24, 2.45) is 0 Å². The third-order valence-electron chi connectivity index (χ3n) is 2.30. The summed E-state index contributed by atoms with van der Waals surface area (Å²) in [4.78, 5) is 4.01. The predicted molar refractivity (Wildman–Crippen MR) is 71.1 cm³/mol. The topological polar surface area (TPSA) is 48.7 Å². The lowest BCUT2D eigenvalue weighted by atomic mass is 10.2. The number of nitriles is 1. The largest absolute Gasteiger partial charge is 0.352 e. The predicted octanol–water partition coefficient (Wildman–Crippen LogP) is 3.77. The Kier molecular flexibility index (Phi) is 3.40. The van der Waals surface area contributed by atoms with Crippen molar-refractivity contribution in [3.63, 3.8) is 0 Å². The van der Waals surface area contributed by atoms with E-state index in [0.29, 0.717) is 11.4 Å². The number of nitrogens with one attached hydrogen (secondary N) is 1. The highest BCUT2D eigenvalue weighted by molar-refractivity contribution is 9.10. The van der Waals surface area contributed by atoms with Gasteiger partial charge in [0.1, 0.15) is 6.07 Å². The van der Waals surface area contributed by atoms with Crippen LogP contribution in [-0.2, 0) is 0 Å². The number of hydrogen-bond donors (Lipinski definition) is 1. The van der Waals surface area contributed by atoms with E-state index < -0.39 is 0 Å². The van der Waals surface area contributed by atoms with Gasteiger partial charge in [-0.15, -0.1) is 0 Å². The molecule has 0 atom stereocenters. The normalized spacial score (nSPS) is 9.71. The summed E-state index contributed by atoms with van der Waals surface area (Å²) in [5, 5.41) is 12.2. The van der Waals surface area contributed by atoms with E-state index >= 15 is 0 Å². The summed E-state index contributed by atoms with van der Waals surface area (Å²) >= 11 is 3.47. The zero-order valence-corrected chi connectivity index (χ0v) is 10.8. The molecule has 1 aromatic heterocycles. The van der Waals surface area contributed by atoms with Gasteiger partial charge >= 0.3 is 0 Å². The minimum atomic E-state index is 0.390. The van der Waals surface area contributed by atoms with Gasteiger partial charge in [0.25, 0.3) is 0 Å². The molecule has 0 saturated carbocycles. The number of pyridine rings is 1. The third-order valence-corrected chi connectivity index (χ3v) is 3.00. The van der Waals surface area contributed by atoms with Crippen molar-refractivity contribution in [3.05, 3.63) is 52.3 Å². The third kappa shape index (κ3) is 2.63. The van der Waals surface area contributed by atoms with Gasteiger partial charge in [0.2, 0.25) is 0 Å². The van der Waals surface area contributed by atoms with E-state index in [1.54, 1.807) is 12.3 Å². The number of anilines is 2. The smallest absolute Gasteiger partial charge is 0.163 e. The van der Waals surface area contributed by atoms with E-state index in [1.165, 1.54) is 0 Å². The molecule has 84 valence electrons. The fourth-order valence-electron chi connectivity index (χ4n) is 1.48. The van der Waals surface area contributed by atoms with Crippen LogP contribution in [0.5, 0.6) is 0 Å². The summed E-state index contributed by atoms with van der Waals surface area (Å²) in [5.41, 5.74) is 3.18. The molecule has 2 rings (SSSR count). The molecule has 0 saturated heterocycles. The molecule has 0 fully saturated rings. The van der Waals surface area contributed by atoms with Crippen LogP contribution < -0.4 is 5.32 Å². The molecular formula is C13H10BrN3. The molecule has 0 aliphatic carbocycles. The molecule has 4 heteroatoms. The number of rotatable bonds is 2. The van der Waals surface area contributed by atoms with Crippen LogP contribution in [0.1, 0.15) is 11.3 Å². The van der Waals surface area contributed by atoms with Crippen molar-refractivity contribution in [3.8, 4) is 6.07 Å². The first kappa shape index (κ1) is 11.6. The molecule has 0 aliphatic rings. The van der Waals surface area contributed by atoms with E-state index in [0.717, 1.165) is 15.7 Å². The van der Waals surface area contributed by atoms with Crippen molar-refractivity contribution in [1.29, 1.82) is 5.26 Å². The van der Waals surface area contributed by atoms with E-state index in [2.05, 4.69) is 32.3 Å². The highest BCUT2D eigenvalue weighted by atomic mass is 79.9. The summed E-state index contributed by atoms with van der Waals surface area (Å²) < 4.78 is 0.954. The summed E-state index contributed by atoms with van der Waals surface area (Å²) in [6, 6.07) is 11.7. The van der Waals surface area contributed by atoms with Gasteiger partial charge in [-0.2, -0.15) is 5.26 Å². The number of halogens is 1. The van der Waals surface area contributed by atoms with Crippen LogP contribution >= 0.6 is 15.9 Å². The fraction of sp³-hybridized carbons (Fsp3) is 0.0769. The molecule has 0 amide bonds. The van der Waals surface area contributed by atoms with Crippen LogP contribution in [0.15, 0.2) is 41.0 Å². The maximum absolute atomic E-state index is 8.96. The van der Waals surface area contributed by atoms with Crippen LogP contribution in [0.2, 0.25) is 0 Å². The van der Waals surface area contributed by atoms with Crippen molar-refractivity contribution < 1.29 is 0 Å². The zero-order chi connectivity index (χ0) is 12.3. The second-order valence-corrected chi connectivity index (χ2v) is 4.47. The molecule has 0 aliphatic heterocycles. The molecule has 0 radical (unpaired) electrons. The van der Waals surface area contributed by atoms with Gasteiger partial charge in [-0.3, -0.25) is 0 Å². The standard InChI is InChI=1S/C13H10BrN3/c1-9-4-5-10(14)12(7-9)17-11-3-2-6-16-13(11)8-15/h2-7,17H,1H3. The second-order valence-electron chi connectivity index (χ2n) is 3.62.